The molecule has 0 atom stereocenters. The average Bonchev–Trinajstić information content (AvgIpc) is 1.83. The summed E-state index contributed by atoms with van der Waals surface area (Å²) in [6, 6.07) is 0. The Balaban J connectivity index is 3.39. The summed E-state index contributed by atoms with van der Waals surface area (Å²) in [5.74, 6) is -0.494. The van der Waals surface area contributed by atoms with Gasteiger partial charge in [0.15, 0.2) is 5.78 Å². The van der Waals surface area contributed by atoms with Crippen molar-refractivity contribution < 1.29 is 13.2 Å². The van der Waals surface area contributed by atoms with Crippen LogP contribution >= 0.6 is 11.6 Å². The molecule has 0 aliphatic rings. The Hall–Kier alpha value is -0.130. The first-order valence-electron chi connectivity index (χ1n) is 2.12. The van der Waals surface area contributed by atoms with Crippen LogP contribution in [0.15, 0.2) is 0 Å². The van der Waals surface area contributed by atoms with Crippen LogP contribution in [0.25, 0.3) is 0 Å². The van der Waals surface area contributed by atoms with Crippen molar-refractivity contribution in [2.75, 3.05) is 12.4 Å². The van der Waals surface area contributed by atoms with Crippen LogP contribution in [0.5, 0.6) is 0 Å². The monoisotopic (exact) mass is 171 g/mol. The van der Waals surface area contributed by atoms with Gasteiger partial charge in [-0.15, -0.1) is 11.6 Å². The first-order valence-corrected chi connectivity index (χ1v) is 3.83. The molecule has 0 saturated heterocycles. The number of rotatable bonds is 4. The fraction of sp³-hybridized carbons (Fsp3) is 0.667. The van der Waals surface area contributed by atoms with Gasteiger partial charge in [-0.05, 0) is 0 Å². The van der Waals surface area contributed by atoms with Gasteiger partial charge in [0.05, 0.1) is 12.4 Å². The van der Waals surface area contributed by atoms with Crippen LogP contribution in [0.1, 0.15) is 0 Å². The molecular formula is C3H6ClNO3S. The number of carbonyl (C=O) groups is 1. The molecular weight excluding hydrogens is 166 g/mol. The summed E-state index contributed by atoms with van der Waals surface area (Å²) in [7, 11) is -2.67. The molecule has 9 heavy (non-hydrogen) atoms. The number of ketones is 1. The molecule has 0 unspecified atom stereocenters. The van der Waals surface area contributed by atoms with Crippen molar-refractivity contribution in [3.05, 3.63) is 0 Å². The number of alkyl halides is 1. The number of Topliss-reactive ketones (excluding diaryl/α,β-unsaturated/α-hetero) is 1. The van der Waals surface area contributed by atoms with E-state index in [4.69, 9.17) is 11.6 Å². The quantitative estimate of drug-likeness (QED) is 0.418. The number of hydrogen-bond acceptors (Lipinski definition) is 3. The third-order valence-corrected chi connectivity index (χ3v) is 1.27. The highest BCUT2D eigenvalue weighted by atomic mass is 35.5. The molecule has 0 amide bonds. The summed E-state index contributed by atoms with van der Waals surface area (Å²) in [6.45, 7) is -0.206. The standard InChI is InChI=1S/C3H6ClNO3S/c4-1-3(6)2-5-9(7)8/h9H,1-2H2,(H,5,7,8). The molecule has 0 spiro atoms. The van der Waals surface area contributed by atoms with E-state index in [1.165, 1.54) is 0 Å². The molecule has 0 fully saturated rings. The van der Waals surface area contributed by atoms with Crippen LogP contribution < -0.4 is 4.72 Å². The predicted octanol–water partition coefficient (Wildman–Crippen LogP) is -1.09. The molecule has 0 aliphatic heterocycles. The molecule has 0 saturated carbocycles. The first-order chi connectivity index (χ1) is 4.16. The minimum absolute atomic E-state index is 0.157. The topological polar surface area (TPSA) is 63.2 Å². The number of halogens is 1. The summed E-state index contributed by atoms with van der Waals surface area (Å²) in [4.78, 5) is 10.3. The summed E-state index contributed by atoms with van der Waals surface area (Å²) in [5, 5.41) is 0. The Kier molecular flexibility index (Phi) is 4.65. The van der Waals surface area contributed by atoms with Gasteiger partial charge in [0.1, 0.15) is 0 Å². The number of hydrogen-bond donors (Lipinski definition) is 2. The van der Waals surface area contributed by atoms with E-state index in [0.717, 1.165) is 0 Å². The number of carbonyl (C=O) groups excluding carboxylic acids is 1. The minimum Gasteiger partial charge on any atom is -0.297 e. The van der Waals surface area contributed by atoms with E-state index >= 15 is 0 Å². The molecule has 0 aromatic carbocycles. The normalized spacial score (nSPS) is 10.0. The average molecular weight is 172 g/mol. The summed E-state index contributed by atoms with van der Waals surface area (Å²) in [5.41, 5.74) is 0. The van der Waals surface area contributed by atoms with Crippen molar-refractivity contribution in [2.24, 2.45) is 0 Å². The highest BCUT2D eigenvalue weighted by molar-refractivity contribution is 7.70. The lowest BCUT2D eigenvalue weighted by Crippen LogP contribution is -2.21. The predicted molar refractivity (Wildman–Crippen MR) is 34.0 cm³/mol. The second-order valence-electron chi connectivity index (χ2n) is 1.26. The zero-order valence-corrected chi connectivity index (χ0v) is 6.11. The van der Waals surface area contributed by atoms with Crippen LogP contribution in [-0.4, -0.2) is 26.6 Å². The maximum absolute atomic E-state index is 10.3. The van der Waals surface area contributed by atoms with E-state index in [-0.39, 0.29) is 18.2 Å². The third-order valence-electron chi connectivity index (χ3n) is 0.554. The zero-order chi connectivity index (χ0) is 7.28. The Morgan fingerprint density at radius 3 is 2.44 bits per heavy atom. The lowest BCUT2D eigenvalue weighted by atomic mass is 10.5. The second kappa shape index (κ2) is 4.72. The molecule has 1 N–H and O–H groups in total. The van der Waals surface area contributed by atoms with Gasteiger partial charge in [-0.2, -0.15) is 0 Å². The highest BCUT2D eigenvalue weighted by Crippen LogP contribution is 1.74. The lowest BCUT2D eigenvalue weighted by molar-refractivity contribution is -0.115. The van der Waals surface area contributed by atoms with Gasteiger partial charge in [-0.3, -0.25) is 4.79 Å². The van der Waals surface area contributed by atoms with Gasteiger partial charge in [-0.1, -0.05) is 0 Å². The zero-order valence-electron chi connectivity index (χ0n) is 4.46. The smallest absolute Gasteiger partial charge is 0.201 e. The maximum atomic E-state index is 10.3. The van der Waals surface area contributed by atoms with E-state index in [1.54, 1.807) is 0 Å². The van der Waals surface area contributed by atoms with E-state index in [2.05, 4.69) is 0 Å². The van der Waals surface area contributed by atoms with Crippen LogP contribution in [0.4, 0.5) is 0 Å². The van der Waals surface area contributed by atoms with Gasteiger partial charge < -0.3 is 0 Å². The molecule has 0 rings (SSSR count). The van der Waals surface area contributed by atoms with Crippen molar-refractivity contribution in [1.82, 2.24) is 4.72 Å². The van der Waals surface area contributed by atoms with Crippen LogP contribution in [-0.2, 0) is 15.7 Å². The summed E-state index contributed by atoms with van der Waals surface area (Å²) in [6.07, 6.45) is 0. The molecule has 0 bridgehead atoms. The Morgan fingerprint density at radius 1 is 1.56 bits per heavy atom. The van der Waals surface area contributed by atoms with Gasteiger partial charge in [0, 0.05) is 0 Å². The lowest BCUT2D eigenvalue weighted by Gasteiger charge is -1.89. The maximum Gasteiger partial charge on any atom is 0.201 e. The van der Waals surface area contributed by atoms with E-state index in [0.29, 0.717) is 0 Å². The van der Waals surface area contributed by atoms with Crippen molar-refractivity contribution in [2.45, 2.75) is 0 Å². The van der Waals surface area contributed by atoms with E-state index in [9.17, 15) is 13.2 Å². The Morgan fingerprint density at radius 2 is 2.11 bits per heavy atom. The van der Waals surface area contributed by atoms with Gasteiger partial charge >= 0.3 is 0 Å². The Bertz CT molecular complexity index is 158. The van der Waals surface area contributed by atoms with Crippen molar-refractivity contribution in [1.29, 1.82) is 0 Å². The van der Waals surface area contributed by atoms with Gasteiger partial charge in [-0.25, -0.2) is 13.1 Å². The first kappa shape index (κ1) is 8.87. The molecule has 6 heteroatoms. The largest absolute Gasteiger partial charge is 0.297 e. The second-order valence-corrected chi connectivity index (χ2v) is 2.36. The third kappa shape index (κ3) is 5.75. The molecule has 54 valence electrons. The van der Waals surface area contributed by atoms with Crippen molar-refractivity contribution in [3.63, 3.8) is 0 Å². The molecule has 0 aromatic heterocycles. The van der Waals surface area contributed by atoms with E-state index < -0.39 is 10.9 Å². The van der Waals surface area contributed by atoms with Crippen molar-refractivity contribution in [3.8, 4) is 0 Å². The fourth-order valence-corrected chi connectivity index (χ4v) is 0.600. The van der Waals surface area contributed by atoms with Crippen LogP contribution in [0.2, 0.25) is 0 Å². The number of nitrogens with one attached hydrogen (secondary N) is 1. The molecule has 0 radical (unpaired) electrons. The fourth-order valence-electron chi connectivity index (χ4n) is 0.200. The van der Waals surface area contributed by atoms with E-state index in [1.807, 2.05) is 4.72 Å². The highest BCUT2D eigenvalue weighted by Gasteiger charge is 1.96. The number of thiol groups is 1. The van der Waals surface area contributed by atoms with Crippen LogP contribution in [0, 0.1) is 0 Å². The molecule has 0 heterocycles. The SMILES string of the molecule is O=C(CCl)CN[SH](=O)=O. The Labute approximate surface area is 59.3 Å². The van der Waals surface area contributed by atoms with Gasteiger partial charge in [0.2, 0.25) is 10.9 Å². The summed E-state index contributed by atoms with van der Waals surface area (Å²) >= 11 is 5.05. The molecule has 0 aromatic rings. The van der Waals surface area contributed by atoms with Gasteiger partial charge in [0.25, 0.3) is 0 Å². The minimum atomic E-state index is -2.67. The van der Waals surface area contributed by atoms with Crippen LogP contribution in [0.3, 0.4) is 0 Å². The molecule has 4 nitrogen and oxygen atoms in total. The summed E-state index contributed by atoms with van der Waals surface area (Å²) < 4.78 is 21.4. The van der Waals surface area contributed by atoms with Crippen molar-refractivity contribution >= 4 is 28.3 Å². The molecule has 0 aliphatic carbocycles.